The summed E-state index contributed by atoms with van der Waals surface area (Å²) in [6.45, 7) is 1.30. The molecule has 0 spiro atoms. The number of ether oxygens (including phenoxy) is 2. The molecule has 2 N–H and O–H groups in total. The molecule has 1 amide bonds. The molecule has 7 nitrogen and oxygen atoms in total. The van der Waals surface area contributed by atoms with Gasteiger partial charge in [0.2, 0.25) is 0 Å². The standard InChI is InChI=1S/C22H27BN2O5S/c26-22-20-15(14-5-1-2-6-18(14)31-20)9-11-25(22)21-16(17(23(27)28)8-10-24-21)13-30-19-7-3-4-12-29-19/h8,10,19,27-28H,1-7,9,11-13H2. The molecule has 9 heteroatoms. The largest absolute Gasteiger partial charge is 0.488 e. The molecule has 31 heavy (non-hydrogen) atoms. The van der Waals surface area contributed by atoms with Crippen LogP contribution in [0.1, 0.15) is 63.3 Å². The zero-order valence-electron chi connectivity index (χ0n) is 17.5. The lowest BCUT2D eigenvalue weighted by Gasteiger charge is -2.30. The summed E-state index contributed by atoms with van der Waals surface area (Å²) >= 11 is 1.63. The van der Waals surface area contributed by atoms with Gasteiger partial charge in [-0.1, -0.05) is 0 Å². The Morgan fingerprint density at radius 1 is 1.19 bits per heavy atom. The van der Waals surface area contributed by atoms with Crippen LogP contribution in [0.3, 0.4) is 0 Å². The van der Waals surface area contributed by atoms with Gasteiger partial charge in [-0.3, -0.25) is 9.69 Å². The van der Waals surface area contributed by atoms with Gasteiger partial charge >= 0.3 is 7.12 Å². The smallest absolute Gasteiger partial charge is 0.423 e. The van der Waals surface area contributed by atoms with Crippen LogP contribution in [0.15, 0.2) is 12.3 Å². The fourth-order valence-electron chi connectivity index (χ4n) is 4.86. The van der Waals surface area contributed by atoms with Crippen LogP contribution < -0.4 is 10.4 Å². The molecular weight excluding hydrogens is 415 g/mol. The van der Waals surface area contributed by atoms with Crippen molar-refractivity contribution in [1.82, 2.24) is 4.98 Å². The number of rotatable bonds is 5. The summed E-state index contributed by atoms with van der Waals surface area (Å²) in [5.74, 6) is 0.399. The highest BCUT2D eigenvalue weighted by Gasteiger charge is 2.34. The van der Waals surface area contributed by atoms with Gasteiger partial charge in [0.05, 0.1) is 11.5 Å². The Morgan fingerprint density at radius 2 is 2.06 bits per heavy atom. The summed E-state index contributed by atoms with van der Waals surface area (Å²) in [7, 11) is -1.67. The maximum absolute atomic E-state index is 13.5. The molecule has 1 atom stereocenters. The van der Waals surface area contributed by atoms with E-state index in [2.05, 4.69) is 4.98 Å². The summed E-state index contributed by atoms with van der Waals surface area (Å²) in [5, 5.41) is 19.9. The van der Waals surface area contributed by atoms with Crippen molar-refractivity contribution in [2.24, 2.45) is 0 Å². The predicted octanol–water partition coefficient (Wildman–Crippen LogP) is 1.95. The van der Waals surface area contributed by atoms with Crippen molar-refractivity contribution in [3.63, 3.8) is 0 Å². The molecule has 3 aliphatic rings. The highest BCUT2D eigenvalue weighted by molar-refractivity contribution is 7.14. The van der Waals surface area contributed by atoms with Gasteiger partial charge in [0.15, 0.2) is 6.29 Å². The molecule has 1 saturated heterocycles. The number of pyridine rings is 1. The van der Waals surface area contributed by atoms with E-state index in [0.29, 0.717) is 30.0 Å². The van der Waals surface area contributed by atoms with Crippen LogP contribution in [0, 0.1) is 0 Å². The van der Waals surface area contributed by atoms with Gasteiger partial charge in [0, 0.05) is 29.8 Å². The molecule has 2 aromatic heterocycles. The monoisotopic (exact) mass is 442 g/mol. The fourth-order valence-corrected chi connectivity index (χ4v) is 6.24. The molecule has 1 unspecified atom stereocenters. The van der Waals surface area contributed by atoms with E-state index in [1.807, 2.05) is 0 Å². The summed E-state index contributed by atoms with van der Waals surface area (Å²) in [6, 6.07) is 1.57. The van der Waals surface area contributed by atoms with Crippen LogP contribution in [0.4, 0.5) is 5.82 Å². The Balaban J connectivity index is 1.46. The fraction of sp³-hybridized carbons (Fsp3) is 0.545. The van der Waals surface area contributed by atoms with Crippen LogP contribution in [0.25, 0.3) is 0 Å². The predicted molar refractivity (Wildman–Crippen MR) is 119 cm³/mol. The third-order valence-electron chi connectivity index (χ3n) is 6.46. The van der Waals surface area contributed by atoms with Gasteiger partial charge in [-0.2, -0.15) is 0 Å². The second-order valence-electron chi connectivity index (χ2n) is 8.41. The van der Waals surface area contributed by atoms with Crippen molar-refractivity contribution >= 4 is 35.6 Å². The van der Waals surface area contributed by atoms with E-state index in [9.17, 15) is 14.8 Å². The number of aryl methyl sites for hydroxylation is 1. The Morgan fingerprint density at radius 3 is 2.87 bits per heavy atom. The average molecular weight is 442 g/mol. The number of hydrogen-bond acceptors (Lipinski definition) is 7. The minimum Gasteiger partial charge on any atom is -0.423 e. The second kappa shape index (κ2) is 9.00. The van der Waals surface area contributed by atoms with E-state index in [0.717, 1.165) is 43.4 Å². The van der Waals surface area contributed by atoms with E-state index in [-0.39, 0.29) is 18.8 Å². The average Bonchev–Trinajstić information content (AvgIpc) is 3.18. The number of hydrogen-bond donors (Lipinski definition) is 2. The molecule has 0 aromatic carbocycles. The number of nitrogens with zero attached hydrogens (tertiary/aromatic N) is 2. The first kappa shape index (κ1) is 21.1. The van der Waals surface area contributed by atoms with Crippen LogP contribution in [0.2, 0.25) is 0 Å². The Labute approximate surface area is 186 Å². The molecule has 0 radical (unpaired) electrons. The highest BCUT2D eigenvalue weighted by Crippen LogP contribution is 2.38. The van der Waals surface area contributed by atoms with Crippen LogP contribution in [-0.2, 0) is 35.3 Å². The highest BCUT2D eigenvalue weighted by atomic mass is 32.1. The second-order valence-corrected chi connectivity index (χ2v) is 9.51. The third kappa shape index (κ3) is 4.05. The van der Waals surface area contributed by atoms with Gasteiger partial charge in [-0.25, -0.2) is 4.98 Å². The first-order valence-corrected chi connectivity index (χ1v) is 12.0. The number of carbonyl (C=O) groups is 1. The first-order chi connectivity index (χ1) is 15.1. The molecule has 4 heterocycles. The molecule has 1 fully saturated rings. The van der Waals surface area contributed by atoms with Gasteiger partial charge in [0.1, 0.15) is 5.82 Å². The maximum Gasteiger partial charge on any atom is 0.488 e. The van der Waals surface area contributed by atoms with E-state index in [1.165, 1.54) is 35.0 Å². The maximum atomic E-state index is 13.5. The lowest BCUT2D eigenvalue weighted by molar-refractivity contribution is -0.168. The molecule has 0 bridgehead atoms. The van der Waals surface area contributed by atoms with Crippen molar-refractivity contribution in [3.05, 3.63) is 38.7 Å². The molecule has 0 saturated carbocycles. The molecule has 1 aliphatic carbocycles. The van der Waals surface area contributed by atoms with Crippen molar-refractivity contribution in [2.75, 3.05) is 18.1 Å². The molecule has 2 aliphatic heterocycles. The van der Waals surface area contributed by atoms with Gasteiger partial charge in [-0.15, -0.1) is 11.3 Å². The lowest BCUT2D eigenvalue weighted by Crippen LogP contribution is -2.41. The Hall–Kier alpha value is -1.78. The Bertz CT molecular complexity index is 973. The van der Waals surface area contributed by atoms with Crippen LogP contribution in [0.5, 0.6) is 0 Å². The SMILES string of the molecule is O=C1c2sc3c(c2CCN1c1nccc(B(O)O)c1COC1CCCCO1)CCCC3. The number of aromatic nitrogens is 1. The summed E-state index contributed by atoms with van der Waals surface area (Å²) < 4.78 is 11.6. The van der Waals surface area contributed by atoms with Crippen LogP contribution in [-0.4, -0.2) is 47.5 Å². The van der Waals surface area contributed by atoms with Crippen molar-refractivity contribution in [3.8, 4) is 0 Å². The van der Waals surface area contributed by atoms with Gasteiger partial charge in [0.25, 0.3) is 5.91 Å². The van der Waals surface area contributed by atoms with Crippen molar-refractivity contribution < 1.29 is 24.3 Å². The van der Waals surface area contributed by atoms with E-state index in [1.54, 1.807) is 22.3 Å². The van der Waals surface area contributed by atoms with Gasteiger partial charge < -0.3 is 19.5 Å². The van der Waals surface area contributed by atoms with E-state index >= 15 is 0 Å². The normalized spacial score (nSPS) is 21.0. The first-order valence-electron chi connectivity index (χ1n) is 11.2. The number of anilines is 1. The lowest BCUT2D eigenvalue weighted by atomic mass is 9.77. The molecular formula is C22H27BN2O5S. The molecule has 5 rings (SSSR count). The number of carbonyl (C=O) groups excluding carboxylic acids is 1. The zero-order chi connectivity index (χ0) is 21.4. The van der Waals surface area contributed by atoms with Crippen molar-refractivity contribution in [1.29, 1.82) is 0 Å². The third-order valence-corrected chi connectivity index (χ3v) is 7.78. The molecule has 2 aromatic rings. The number of amides is 1. The van der Waals surface area contributed by atoms with Crippen molar-refractivity contribution in [2.45, 2.75) is 64.3 Å². The summed E-state index contributed by atoms with van der Waals surface area (Å²) in [4.78, 5) is 21.8. The summed E-state index contributed by atoms with van der Waals surface area (Å²) in [6.07, 6.45) is 9.37. The van der Waals surface area contributed by atoms with E-state index < -0.39 is 7.12 Å². The molecule has 164 valence electrons. The zero-order valence-corrected chi connectivity index (χ0v) is 18.3. The summed E-state index contributed by atoms with van der Waals surface area (Å²) in [5.41, 5.74) is 3.45. The minimum atomic E-state index is -1.67. The van der Waals surface area contributed by atoms with Crippen LogP contribution >= 0.6 is 11.3 Å². The Kier molecular flexibility index (Phi) is 6.12. The minimum absolute atomic E-state index is 0.0482. The number of thiophene rings is 1. The quantitative estimate of drug-likeness (QED) is 0.688. The topological polar surface area (TPSA) is 92.1 Å². The van der Waals surface area contributed by atoms with E-state index in [4.69, 9.17) is 9.47 Å². The number of fused-ring (bicyclic) bond motifs is 3. The van der Waals surface area contributed by atoms with Gasteiger partial charge in [-0.05, 0) is 74.0 Å².